The third-order valence-corrected chi connectivity index (χ3v) is 5.19. The molecule has 1 aromatic heterocycles. The van der Waals surface area contributed by atoms with Crippen LogP contribution in [-0.4, -0.2) is 40.7 Å². The molecule has 0 spiro atoms. The number of halogens is 4. The summed E-state index contributed by atoms with van der Waals surface area (Å²) in [5.74, 6) is -0.569. The number of hydrogen-bond donors (Lipinski definition) is 3. The van der Waals surface area contributed by atoms with E-state index in [1.807, 2.05) is 0 Å². The van der Waals surface area contributed by atoms with E-state index in [1.54, 1.807) is 18.2 Å². The van der Waals surface area contributed by atoms with Crippen molar-refractivity contribution in [3.05, 3.63) is 54.0 Å². The Morgan fingerprint density at radius 1 is 1.13 bits per heavy atom. The molecule has 3 rings (SSSR count). The third-order valence-electron chi connectivity index (χ3n) is 5.19. The summed E-state index contributed by atoms with van der Waals surface area (Å²) in [6.45, 7) is 2.07. The number of methoxy groups -OCH3 is 1. The van der Waals surface area contributed by atoms with Gasteiger partial charge in [-0.05, 0) is 36.1 Å². The fraction of sp³-hybridized carbons (Fsp3) is 0.381. The van der Waals surface area contributed by atoms with Crippen molar-refractivity contribution in [1.82, 2.24) is 10.2 Å². The van der Waals surface area contributed by atoms with E-state index in [2.05, 4.69) is 15.5 Å². The quantitative estimate of drug-likeness (QED) is 0.477. The number of anilines is 1. The number of aliphatic hydroxyl groups is 1. The molecule has 1 atom stereocenters. The maximum absolute atomic E-state index is 14.5. The number of nitrogens with zero attached hydrogens (tertiary/aromatic N) is 1. The summed E-state index contributed by atoms with van der Waals surface area (Å²) >= 11 is 0. The molecule has 0 saturated heterocycles. The summed E-state index contributed by atoms with van der Waals surface area (Å²) in [6.07, 6.45) is -4.26. The van der Waals surface area contributed by atoms with Crippen LogP contribution in [0.5, 0.6) is 5.75 Å². The molecule has 5 nitrogen and oxygen atoms in total. The second-order valence-corrected chi connectivity index (χ2v) is 7.90. The predicted octanol–water partition coefficient (Wildman–Crippen LogP) is 4.78. The summed E-state index contributed by atoms with van der Waals surface area (Å²) in [5.41, 5.74) is -3.50. The zero-order valence-electron chi connectivity index (χ0n) is 16.8. The van der Waals surface area contributed by atoms with Crippen LogP contribution in [0.15, 0.2) is 42.6 Å². The number of fused-ring (bicyclic) bond motifs is 1. The van der Waals surface area contributed by atoms with E-state index in [1.165, 1.54) is 39.3 Å². The lowest BCUT2D eigenvalue weighted by Crippen LogP contribution is -2.53. The smallest absolute Gasteiger partial charge is 0.418 e. The predicted molar refractivity (Wildman–Crippen MR) is 106 cm³/mol. The Kier molecular flexibility index (Phi) is 5.68. The zero-order valence-corrected chi connectivity index (χ0v) is 16.8. The van der Waals surface area contributed by atoms with E-state index in [4.69, 9.17) is 4.74 Å². The molecule has 0 bridgehead atoms. The summed E-state index contributed by atoms with van der Waals surface area (Å²) in [5, 5.41) is 20.6. The van der Waals surface area contributed by atoms with E-state index < -0.39 is 36.0 Å². The van der Waals surface area contributed by atoms with Crippen molar-refractivity contribution in [2.45, 2.75) is 37.5 Å². The number of nitrogens with one attached hydrogen (secondary N) is 2. The molecular formula is C21H23F4N3O2. The average molecular weight is 425 g/mol. The van der Waals surface area contributed by atoms with Crippen molar-refractivity contribution in [3.63, 3.8) is 0 Å². The topological polar surface area (TPSA) is 70.2 Å². The third kappa shape index (κ3) is 4.07. The highest BCUT2D eigenvalue weighted by molar-refractivity contribution is 5.90. The van der Waals surface area contributed by atoms with Crippen LogP contribution in [-0.2, 0) is 5.41 Å². The van der Waals surface area contributed by atoms with Crippen LogP contribution in [0.2, 0.25) is 0 Å². The van der Waals surface area contributed by atoms with Gasteiger partial charge >= 0.3 is 6.18 Å². The summed E-state index contributed by atoms with van der Waals surface area (Å²) in [4.78, 5) is 0. The first-order chi connectivity index (χ1) is 14.0. The number of hydrogen-bond acceptors (Lipinski definition) is 4. The van der Waals surface area contributed by atoms with Gasteiger partial charge in [0.05, 0.1) is 25.4 Å². The molecule has 0 amide bonds. The van der Waals surface area contributed by atoms with E-state index >= 15 is 0 Å². The van der Waals surface area contributed by atoms with Gasteiger partial charge in [0, 0.05) is 16.6 Å². The normalized spacial score (nSPS) is 14.5. The number of ether oxygens (including phenoxy) is 1. The van der Waals surface area contributed by atoms with Crippen molar-refractivity contribution >= 4 is 16.6 Å². The Hall–Kier alpha value is -2.81. The van der Waals surface area contributed by atoms with Gasteiger partial charge in [-0.2, -0.15) is 18.3 Å². The standard InChI is InChI=1S/C21H23F4N3O2/c1-19(2,18-14(22)6-4-9-17(18)30-3)11-20(29,21(23,24)25)12-26-15-7-5-8-16-13(15)10-27-28-16/h4-10,26,29H,11-12H2,1-3H3,(H,27,28). The summed E-state index contributed by atoms with van der Waals surface area (Å²) < 4.78 is 61.5. The van der Waals surface area contributed by atoms with Gasteiger partial charge in [-0.25, -0.2) is 4.39 Å². The number of H-pyrrole nitrogens is 1. The number of benzene rings is 2. The minimum absolute atomic E-state index is 0.0212. The maximum Gasteiger partial charge on any atom is 0.418 e. The second-order valence-electron chi connectivity index (χ2n) is 7.90. The van der Waals surface area contributed by atoms with Crippen LogP contribution >= 0.6 is 0 Å². The van der Waals surface area contributed by atoms with Crippen LogP contribution in [0.4, 0.5) is 23.2 Å². The molecule has 3 aromatic rings. The number of alkyl halides is 3. The van der Waals surface area contributed by atoms with Crippen molar-refractivity contribution in [2.75, 3.05) is 19.0 Å². The van der Waals surface area contributed by atoms with Crippen LogP contribution < -0.4 is 10.1 Å². The van der Waals surface area contributed by atoms with Crippen LogP contribution in [0.25, 0.3) is 10.9 Å². The zero-order chi connectivity index (χ0) is 22.2. The molecule has 1 unspecified atom stereocenters. The minimum atomic E-state index is -4.96. The molecule has 0 aliphatic carbocycles. The first kappa shape index (κ1) is 21.9. The van der Waals surface area contributed by atoms with Gasteiger partial charge in [-0.3, -0.25) is 5.10 Å². The summed E-state index contributed by atoms with van der Waals surface area (Å²) in [7, 11) is 1.32. The molecule has 0 aliphatic heterocycles. The molecule has 162 valence electrons. The number of aromatic amines is 1. The lowest BCUT2D eigenvalue weighted by molar-refractivity contribution is -0.260. The first-order valence-corrected chi connectivity index (χ1v) is 9.26. The molecule has 9 heteroatoms. The van der Waals surface area contributed by atoms with Crippen molar-refractivity contribution in [2.24, 2.45) is 0 Å². The van der Waals surface area contributed by atoms with E-state index in [-0.39, 0.29) is 11.3 Å². The molecule has 2 aromatic carbocycles. The van der Waals surface area contributed by atoms with E-state index in [9.17, 15) is 22.7 Å². The number of rotatable bonds is 7. The Morgan fingerprint density at radius 3 is 2.50 bits per heavy atom. The highest BCUT2D eigenvalue weighted by Gasteiger charge is 2.56. The SMILES string of the molecule is COc1cccc(F)c1C(C)(C)CC(O)(CNc1cccc2[nH]ncc12)C(F)(F)F. The molecule has 1 heterocycles. The molecular weight excluding hydrogens is 402 g/mol. The highest BCUT2D eigenvalue weighted by Crippen LogP contribution is 2.44. The van der Waals surface area contributed by atoms with Crippen LogP contribution in [0.1, 0.15) is 25.8 Å². The Balaban J connectivity index is 1.93. The van der Waals surface area contributed by atoms with Gasteiger partial charge in [-0.1, -0.05) is 26.0 Å². The summed E-state index contributed by atoms with van der Waals surface area (Å²) in [6, 6.07) is 9.03. The van der Waals surface area contributed by atoms with Gasteiger partial charge < -0.3 is 15.2 Å². The highest BCUT2D eigenvalue weighted by atomic mass is 19.4. The van der Waals surface area contributed by atoms with Gasteiger partial charge in [0.25, 0.3) is 0 Å². The fourth-order valence-corrected chi connectivity index (χ4v) is 3.78. The lowest BCUT2D eigenvalue weighted by Gasteiger charge is -2.38. The van der Waals surface area contributed by atoms with Gasteiger partial charge in [0.1, 0.15) is 11.6 Å². The van der Waals surface area contributed by atoms with Crippen LogP contribution in [0, 0.1) is 5.82 Å². The molecule has 3 N–H and O–H groups in total. The molecule has 0 aliphatic rings. The largest absolute Gasteiger partial charge is 0.496 e. The van der Waals surface area contributed by atoms with Gasteiger partial charge in [0.2, 0.25) is 0 Å². The second kappa shape index (κ2) is 7.79. The average Bonchev–Trinajstić information content (AvgIpc) is 3.14. The first-order valence-electron chi connectivity index (χ1n) is 9.26. The molecule has 0 fully saturated rings. The van der Waals surface area contributed by atoms with Crippen molar-refractivity contribution < 1.29 is 27.4 Å². The maximum atomic E-state index is 14.5. The van der Waals surface area contributed by atoms with Crippen molar-refractivity contribution in [3.8, 4) is 5.75 Å². The monoisotopic (exact) mass is 425 g/mol. The lowest BCUT2D eigenvalue weighted by atomic mass is 9.74. The molecule has 30 heavy (non-hydrogen) atoms. The minimum Gasteiger partial charge on any atom is -0.496 e. The molecule has 0 saturated carbocycles. The molecule has 0 radical (unpaired) electrons. The Morgan fingerprint density at radius 2 is 1.83 bits per heavy atom. The van der Waals surface area contributed by atoms with Gasteiger partial charge in [0.15, 0.2) is 5.60 Å². The van der Waals surface area contributed by atoms with Crippen LogP contribution in [0.3, 0.4) is 0 Å². The fourth-order valence-electron chi connectivity index (χ4n) is 3.78. The number of aromatic nitrogens is 2. The van der Waals surface area contributed by atoms with E-state index in [0.717, 1.165) is 6.07 Å². The van der Waals surface area contributed by atoms with Crippen molar-refractivity contribution in [1.29, 1.82) is 0 Å². The van der Waals surface area contributed by atoms with E-state index in [0.29, 0.717) is 16.6 Å². The Labute approximate surface area is 171 Å². The Bertz CT molecular complexity index is 1030. The van der Waals surface area contributed by atoms with Gasteiger partial charge in [-0.15, -0.1) is 0 Å².